The van der Waals surface area contributed by atoms with Crippen molar-refractivity contribution < 1.29 is 4.74 Å². The van der Waals surface area contributed by atoms with Crippen LogP contribution in [0.3, 0.4) is 0 Å². The van der Waals surface area contributed by atoms with Crippen molar-refractivity contribution >= 4 is 21.2 Å². The molecule has 0 fully saturated rings. The molecule has 0 aliphatic carbocycles. The maximum absolute atomic E-state index is 5.14. The number of nitrogens with zero attached hydrogens (tertiary/aromatic N) is 1. The molecule has 0 aromatic heterocycles. The quantitative estimate of drug-likeness (QED) is 0.748. The Kier molecular flexibility index (Phi) is 4.45. The predicted molar refractivity (Wildman–Crippen MR) is 67.6 cm³/mol. The molecule has 16 heavy (non-hydrogen) atoms. The van der Waals surface area contributed by atoms with E-state index in [1.54, 1.807) is 7.11 Å². The SMILES string of the molecule is COCCN1CCc2ccc([As])cc2CC1. The van der Waals surface area contributed by atoms with Crippen LogP contribution in [0, 0.1) is 0 Å². The van der Waals surface area contributed by atoms with Crippen molar-refractivity contribution in [2.75, 3.05) is 33.4 Å². The Hall–Kier alpha value is -0.302. The minimum atomic E-state index is 0.840. The van der Waals surface area contributed by atoms with Crippen LogP contribution in [0.1, 0.15) is 11.1 Å². The molecule has 86 valence electrons. The number of methoxy groups -OCH3 is 1. The number of ether oxygens (including phenoxy) is 1. The number of benzene rings is 1. The van der Waals surface area contributed by atoms with Gasteiger partial charge in [-0.1, -0.05) is 0 Å². The van der Waals surface area contributed by atoms with Gasteiger partial charge in [-0.05, 0) is 0 Å². The molecular formula is C13H18AsNO. The zero-order valence-electron chi connectivity index (χ0n) is 9.78. The summed E-state index contributed by atoms with van der Waals surface area (Å²) in [6, 6.07) is 6.79. The van der Waals surface area contributed by atoms with Crippen molar-refractivity contribution in [2.24, 2.45) is 0 Å². The van der Waals surface area contributed by atoms with Crippen LogP contribution < -0.4 is 4.35 Å². The zero-order chi connectivity index (χ0) is 11.4. The van der Waals surface area contributed by atoms with Gasteiger partial charge < -0.3 is 0 Å². The first-order valence-corrected chi connectivity index (χ1v) is 6.75. The van der Waals surface area contributed by atoms with Crippen LogP contribution in [0.5, 0.6) is 0 Å². The summed E-state index contributed by atoms with van der Waals surface area (Å²) >= 11 is 2.63. The van der Waals surface area contributed by atoms with Gasteiger partial charge in [0.25, 0.3) is 0 Å². The van der Waals surface area contributed by atoms with Crippen LogP contribution in [0.4, 0.5) is 0 Å². The second-order valence-corrected chi connectivity index (χ2v) is 5.37. The first kappa shape index (κ1) is 12.2. The second kappa shape index (κ2) is 5.86. The first-order valence-electron chi connectivity index (χ1n) is 5.81. The fourth-order valence-electron chi connectivity index (χ4n) is 2.20. The van der Waals surface area contributed by atoms with Crippen LogP contribution >= 0.6 is 0 Å². The van der Waals surface area contributed by atoms with E-state index in [1.165, 1.54) is 28.3 Å². The first-order chi connectivity index (χ1) is 7.79. The van der Waals surface area contributed by atoms with E-state index in [1.807, 2.05) is 0 Å². The van der Waals surface area contributed by atoms with Gasteiger partial charge in [-0.15, -0.1) is 0 Å². The molecule has 0 saturated carbocycles. The molecule has 0 spiro atoms. The van der Waals surface area contributed by atoms with Crippen molar-refractivity contribution in [2.45, 2.75) is 12.8 Å². The van der Waals surface area contributed by atoms with E-state index in [0.717, 1.165) is 26.2 Å². The number of hydrogen-bond donors (Lipinski definition) is 0. The summed E-state index contributed by atoms with van der Waals surface area (Å²) in [6.07, 6.45) is 2.34. The monoisotopic (exact) mass is 279 g/mol. The van der Waals surface area contributed by atoms with E-state index in [4.69, 9.17) is 4.74 Å². The molecule has 1 aromatic carbocycles. The van der Waals surface area contributed by atoms with E-state index in [9.17, 15) is 0 Å². The molecule has 0 atom stereocenters. The summed E-state index contributed by atoms with van der Waals surface area (Å²) in [5, 5.41) is 0. The van der Waals surface area contributed by atoms with Crippen LogP contribution in [0.2, 0.25) is 0 Å². The van der Waals surface area contributed by atoms with Crippen LogP contribution in [0.25, 0.3) is 0 Å². The minimum absolute atomic E-state index is 0.840. The summed E-state index contributed by atoms with van der Waals surface area (Å²) in [6.45, 7) is 4.22. The second-order valence-electron chi connectivity index (χ2n) is 4.29. The molecule has 1 aliphatic rings. The molecule has 0 bridgehead atoms. The number of fused-ring (bicyclic) bond motifs is 1. The van der Waals surface area contributed by atoms with Crippen LogP contribution in [-0.4, -0.2) is 55.1 Å². The van der Waals surface area contributed by atoms with Gasteiger partial charge in [0.2, 0.25) is 0 Å². The zero-order valence-corrected chi connectivity index (χ0v) is 11.7. The Bertz CT molecular complexity index is 354. The van der Waals surface area contributed by atoms with Gasteiger partial charge >= 0.3 is 106 Å². The third-order valence-electron chi connectivity index (χ3n) is 3.20. The van der Waals surface area contributed by atoms with Gasteiger partial charge in [0.05, 0.1) is 0 Å². The fourth-order valence-corrected chi connectivity index (χ4v) is 2.69. The van der Waals surface area contributed by atoms with E-state index in [-0.39, 0.29) is 0 Å². The molecule has 0 unspecified atom stereocenters. The Balaban J connectivity index is 2.01. The molecule has 2 radical (unpaired) electrons. The summed E-state index contributed by atoms with van der Waals surface area (Å²) in [5.41, 5.74) is 3.05. The summed E-state index contributed by atoms with van der Waals surface area (Å²) in [5.74, 6) is 0. The molecule has 0 amide bonds. The summed E-state index contributed by atoms with van der Waals surface area (Å²) in [4.78, 5) is 2.49. The van der Waals surface area contributed by atoms with E-state index < -0.39 is 0 Å². The molecule has 3 heteroatoms. The van der Waals surface area contributed by atoms with E-state index >= 15 is 0 Å². The molecule has 0 N–H and O–H groups in total. The molecule has 1 aliphatic heterocycles. The van der Waals surface area contributed by atoms with Crippen LogP contribution in [-0.2, 0) is 17.6 Å². The van der Waals surface area contributed by atoms with Crippen molar-refractivity contribution in [3.63, 3.8) is 0 Å². The van der Waals surface area contributed by atoms with Crippen molar-refractivity contribution in [3.8, 4) is 0 Å². The molecule has 1 heterocycles. The van der Waals surface area contributed by atoms with Gasteiger partial charge in [0.15, 0.2) is 0 Å². The molecular weight excluding hydrogens is 261 g/mol. The third-order valence-corrected chi connectivity index (χ3v) is 3.78. The van der Waals surface area contributed by atoms with Gasteiger partial charge in [-0.2, -0.15) is 0 Å². The summed E-state index contributed by atoms with van der Waals surface area (Å²) in [7, 11) is 1.77. The summed E-state index contributed by atoms with van der Waals surface area (Å²) < 4.78 is 6.45. The van der Waals surface area contributed by atoms with Crippen molar-refractivity contribution in [3.05, 3.63) is 29.3 Å². The van der Waals surface area contributed by atoms with Gasteiger partial charge in [-0.3, -0.25) is 0 Å². The average Bonchev–Trinajstić information content (AvgIpc) is 2.48. The van der Waals surface area contributed by atoms with Gasteiger partial charge in [0.1, 0.15) is 0 Å². The van der Waals surface area contributed by atoms with Gasteiger partial charge in [-0.25, -0.2) is 0 Å². The topological polar surface area (TPSA) is 12.5 Å². The van der Waals surface area contributed by atoms with Crippen molar-refractivity contribution in [1.29, 1.82) is 0 Å². The molecule has 0 saturated heterocycles. The molecule has 2 rings (SSSR count). The Labute approximate surface area is 106 Å². The van der Waals surface area contributed by atoms with E-state index in [2.05, 4.69) is 40.0 Å². The normalized spacial score (nSPS) is 16.9. The Morgan fingerprint density at radius 1 is 1.25 bits per heavy atom. The Morgan fingerprint density at radius 3 is 2.75 bits per heavy atom. The van der Waals surface area contributed by atoms with Gasteiger partial charge in [0, 0.05) is 0 Å². The molecule has 2 nitrogen and oxygen atoms in total. The average molecular weight is 279 g/mol. The van der Waals surface area contributed by atoms with Crippen molar-refractivity contribution in [1.82, 2.24) is 4.90 Å². The maximum atomic E-state index is 5.14. The predicted octanol–water partition coefficient (Wildman–Crippen LogP) is 0.527. The fraction of sp³-hybridized carbons (Fsp3) is 0.538. The standard InChI is InChI=1S/C13H18AsNO/c1-16-9-8-15-6-4-11-2-3-13(14)10-12(11)5-7-15/h2-3,10H,4-9H2,1H3. The number of rotatable bonds is 3. The Morgan fingerprint density at radius 2 is 2.00 bits per heavy atom. The molecule has 1 aromatic rings. The van der Waals surface area contributed by atoms with E-state index in [0.29, 0.717) is 0 Å². The van der Waals surface area contributed by atoms with Crippen LogP contribution in [0.15, 0.2) is 18.2 Å². The third kappa shape index (κ3) is 3.10. The number of hydrogen-bond acceptors (Lipinski definition) is 2.